The fraction of sp³-hybridized carbons (Fsp3) is 0.577. The summed E-state index contributed by atoms with van der Waals surface area (Å²) >= 11 is 13.1. The smallest absolute Gasteiger partial charge is 0.373 e. The molecule has 4 rings (SSSR count). The zero-order valence-electron chi connectivity index (χ0n) is 21.7. The molecule has 2 aliphatic rings. The lowest BCUT2D eigenvalue weighted by Crippen LogP contribution is -2.40. The largest absolute Gasteiger partial charge is 0.432 e. The Morgan fingerprint density at radius 2 is 1.68 bits per heavy atom. The molecule has 0 unspecified atom stereocenters. The van der Waals surface area contributed by atoms with Crippen molar-refractivity contribution in [3.8, 4) is 11.3 Å². The average Bonchev–Trinajstić information content (AvgIpc) is 3.21. The van der Waals surface area contributed by atoms with Gasteiger partial charge in [-0.3, -0.25) is 4.79 Å². The van der Waals surface area contributed by atoms with E-state index in [1.807, 2.05) is 0 Å². The van der Waals surface area contributed by atoms with E-state index in [0.29, 0.717) is 29.4 Å². The minimum absolute atomic E-state index is 0.00371. The molecule has 2 aliphatic carbocycles. The van der Waals surface area contributed by atoms with Gasteiger partial charge in [0.1, 0.15) is 4.90 Å². The Balaban J connectivity index is 0.00000127. The van der Waals surface area contributed by atoms with E-state index in [1.54, 1.807) is 26.8 Å². The van der Waals surface area contributed by atoms with Gasteiger partial charge in [-0.05, 0) is 64.5 Å². The van der Waals surface area contributed by atoms with Gasteiger partial charge in [0, 0.05) is 17.1 Å². The summed E-state index contributed by atoms with van der Waals surface area (Å²) in [6.07, 6.45) is 9.69. The van der Waals surface area contributed by atoms with E-state index in [0.717, 1.165) is 32.1 Å². The summed E-state index contributed by atoms with van der Waals surface area (Å²) in [4.78, 5) is 33.5. The van der Waals surface area contributed by atoms with Crippen LogP contribution < -0.4 is 10.0 Å². The minimum atomic E-state index is -3.90. The first-order chi connectivity index (χ1) is 17.9. The molecule has 1 amide bonds. The molecule has 2 aromatic rings. The Morgan fingerprint density at radius 3 is 2.24 bits per heavy atom. The number of amides is 1. The summed E-state index contributed by atoms with van der Waals surface area (Å²) in [5, 5.41) is 2.92. The molecule has 1 heterocycles. The van der Waals surface area contributed by atoms with Crippen molar-refractivity contribution in [2.24, 2.45) is 5.92 Å². The molecule has 208 valence electrons. The third-order valence-electron chi connectivity index (χ3n) is 6.56. The highest BCUT2D eigenvalue weighted by Crippen LogP contribution is 2.41. The Morgan fingerprint density at radius 1 is 1.05 bits per heavy atom. The zero-order valence-corrected chi connectivity index (χ0v) is 24.1. The van der Waals surface area contributed by atoms with Crippen LogP contribution in [0.3, 0.4) is 0 Å². The van der Waals surface area contributed by atoms with Crippen molar-refractivity contribution in [3.05, 3.63) is 33.8 Å². The van der Waals surface area contributed by atoms with Gasteiger partial charge in [0.25, 0.3) is 5.89 Å². The number of aromatic nitrogens is 1. The highest BCUT2D eigenvalue weighted by atomic mass is 35.5. The van der Waals surface area contributed by atoms with Crippen LogP contribution in [0.1, 0.15) is 88.5 Å². The molecule has 2 saturated carbocycles. The molecule has 1 aromatic carbocycles. The van der Waals surface area contributed by atoms with Crippen LogP contribution in [0.2, 0.25) is 10.0 Å². The Hall–Kier alpha value is -2.23. The molecular weight excluding hydrogens is 553 g/mol. The van der Waals surface area contributed by atoms with E-state index in [-0.39, 0.29) is 38.9 Å². The van der Waals surface area contributed by atoms with Crippen LogP contribution in [0.4, 0.5) is 0 Å². The Bertz CT molecular complexity index is 1290. The molecule has 0 spiro atoms. The fourth-order valence-corrected chi connectivity index (χ4v) is 6.91. The highest BCUT2D eigenvalue weighted by molar-refractivity contribution is 7.89. The predicted octanol–water partition coefficient (Wildman–Crippen LogP) is 5.55. The van der Waals surface area contributed by atoms with Gasteiger partial charge in [-0.15, -0.1) is 0 Å². The molecule has 1 aromatic heterocycles. The zero-order chi connectivity index (χ0) is 28.1. The van der Waals surface area contributed by atoms with Crippen LogP contribution in [0.25, 0.3) is 11.3 Å². The molecule has 12 heteroatoms. The van der Waals surface area contributed by atoms with Crippen LogP contribution in [-0.2, 0) is 26.0 Å². The lowest BCUT2D eigenvalue weighted by Gasteiger charge is -2.25. The molecule has 2 N–H and O–H groups in total. The standard InChI is InChI=1S/C25H33Cl2N3O4S.CO2/c1-25(2,3)30-35(32,33)19-13-12-17(20(26)21(19)27)22-18(14-15-8-5-4-6-9-15)29-24(34-22)23(31)28-16-10-7-11-16;2-1-3/h12-13,15-16,30H,4-11,14H2,1-3H3,(H,28,31);. The summed E-state index contributed by atoms with van der Waals surface area (Å²) in [6, 6.07) is 3.14. The van der Waals surface area contributed by atoms with Crippen molar-refractivity contribution in [2.45, 2.75) is 95.0 Å². The van der Waals surface area contributed by atoms with Gasteiger partial charge in [-0.1, -0.05) is 55.3 Å². The quantitative estimate of drug-likeness (QED) is 0.435. The van der Waals surface area contributed by atoms with E-state index in [1.165, 1.54) is 25.3 Å². The van der Waals surface area contributed by atoms with Crippen molar-refractivity contribution in [2.75, 3.05) is 0 Å². The molecule has 0 aliphatic heterocycles. The maximum atomic E-state index is 12.9. The molecule has 0 atom stereocenters. The molecule has 2 fully saturated rings. The summed E-state index contributed by atoms with van der Waals surface area (Å²) in [5.41, 5.74) is 0.387. The highest BCUT2D eigenvalue weighted by Gasteiger charge is 2.30. The second-order valence-corrected chi connectivity index (χ2v) is 13.2. The topological polar surface area (TPSA) is 135 Å². The first-order valence-corrected chi connectivity index (χ1v) is 14.9. The van der Waals surface area contributed by atoms with Crippen LogP contribution in [0.5, 0.6) is 0 Å². The number of sulfonamides is 1. The third-order valence-corrected chi connectivity index (χ3v) is 9.35. The van der Waals surface area contributed by atoms with Crippen molar-refractivity contribution >= 4 is 45.3 Å². The third kappa shape index (κ3) is 7.67. The van der Waals surface area contributed by atoms with Crippen LogP contribution in [-0.4, -0.2) is 37.0 Å². The Kier molecular flexibility index (Phi) is 10.2. The fourth-order valence-electron chi connectivity index (χ4n) is 4.63. The number of oxazole rings is 1. The minimum Gasteiger partial charge on any atom is -0.432 e. The van der Waals surface area contributed by atoms with Crippen molar-refractivity contribution < 1.29 is 27.2 Å². The van der Waals surface area contributed by atoms with Crippen molar-refractivity contribution in [1.82, 2.24) is 15.0 Å². The van der Waals surface area contributed by atoms with Crippen molar-refractivity contribution in [3.63, 3.8) is 0 Å². The number of benzene rings is 1. The molecule has 38 heavy (non-hydrogen) atoms. The second-order valence-electron chi connectivity index (χ2n) is 10.8. The predicted molar refractivity (Wildman–Crippen MR) is 142 cm³/mol. The maximum absolute atomic E-state index is 12.9. The molecule has 0 saturated heterocycles. The van der Waals surface area contributed by atoms with Crippen LogP contribution in [0.15, 0.2) is 21.4 Å². The van der Waals surface area contributed by atoms with Crippen LogP contribution >= 0.6 is 23.2 Å². The number of nitrogens with zero attached hydrogens (tertiary/aromatic N) is 1. The van der Waals surface area contributed by atoms with E-state index >= 15 is 0 Å². The first kappa shape index (κ1) is 30.3. The van der Waals surface area contributed by atoms with Crippen LogP contribution in [0, 0.1) is 5.92 Å². The molecular formula is C26H33Cl2N3O6S. The van der Waals surface area contributed by atoms with Crippen molar-refractivity contribution in [1.29, 1.82) is 0 Å². The van der Waals surface area contributed by atoms with E-state index in [2.05, 4.69) is 15.0 Å². The molecule has 0 bridgehead atoms. The number of carbonyl (C=O) groups excluding carboxylic acids is 3. The van der Waals surface area contributed by atoms with Gasteiger partial charge < -0.3 is 9.73 Å². The summed E-state index contributed by atoms with van der Waals surface area (Å²) in [6.45, 7) is 5.24. The van der Waals surface area contributed by atoms with Gasteiger partial charge >= 0.3 is 12.1 Å². The summed E-state index contributed by atoms with van der Waals surface area (Å²) in [7, 11) is -3.90. The number of carbonyl (C=O) groups is 1. The van der Waals surface area contributed by atoms with E-state index in [9.17, 15) is 13.2 Å². The van der Waals surface area contributed by atoms with Gasteiger partial charge in [-0.25, -0.2) is 18.1 Å². The maximum Gasteiger partial charge on any atom is 0.373 e. The van der Waals surface area contributed by atoms with Gasteiger partial charge in [0.15, 0.2) is 5.76 Å². The Labute approximate surface area is 233 Å². The number of halogens is 2. The SMILES string of the molecule is CC(C)(C)NS(=O)(=O)c1ccc(-c2oc(C(=O)NC3CCC3)nc2CC2CCCCC2)c(Cl)c1Cl.O=C=O. The van der Waals surface area contributed by atoms with E-state index < -0.39 is 15.6 Å². The number of rotatable bonds is 7. The average molecular weight is 587 g/mol. The molecule has 9 nitrogen and oxygen atoms in total. The van der Waals surface area contributed by atoms with Gasteiger partial charge in [-0.2, -0.15) is 9.59 Å². The second kappa shape index (κ2) is 12.7. The van der Waals surface area contributed by atoms with Gasteiger partial charge in [0.05, 0.1) is 15.7 Å². The number of hydrogen-bond donors (Lipinski definition) is 2. The summed E-state index contributed by atoms with van der Waals surface area (Å²) in [5.74, 6) is 0.464. The van der Waals surface area contributed by atoms with Gasteiger partial charge in [0.2, 0.25) is 10.0 Å². The monoisotopic (exact) mass is 585 g/mol. The number of nitrogens with one attached hydrogen (secondary N) is 2. The normalized spacial score (nSPS) is 16.7. The summed E-state index contributed by atoms with van der Waals surface area (Å²) < 4.78 is 34.3. The number of hydrogen-bond acceptors (Lipinski definition) is 7. The van der Waals surface area contributed by atoms with E-state index in [4.69, 9.17) is 37.2 Å². The first-order valence-electron chi connectivity index (χ1n) is 12.7. The lowest BCUT2D eigenvalue weighted by molar-refractivity contribution is -0.191. The lowest BCUT2D eigenvalue weighted by atomic mass is 9.85. The molecule has 0 radical (unpaired) electrons.